The Bertz CT molecular complexity index is 480. The number of nitrogens with two attached hydrogens (primary N) is 1. The number of nitrogens with one attached hydrogen (secondary N) is 1. The molecule has 21 heavy (non-hydrogen) atoms. The molecule has 0 unspecified atom stereocenters. The number of hydrazone groups is 1. The van der Waals surface area contributed by atoms with E-state index < -0.39 is 17.9 Å². The molecular formula is C14H18F3N3O. The van der Waals surface area contributed by atoms with Crippen LogP contribution in [0.1, 0.15) is 32.1 Å². The third kappa shape index (κ3) is 2.91. The summed E-state index contributed by atoms with van der Waals surface area (Å²) in [6, 6.07) is -1.10. The van der Waals surface area contributed by atoms with Gasteiger partial charge in [-0.1, -0.05) is 5.57 Å². The molecule has 0 saturated heterocycles. The van der Waals surface area contributed by atoms with E-state index in [0.29, 0.717) is 11.8 Å². The molecule has 0 heterocycles. The molecule has 116 valence electrons. The minimum absolute atomic E-state index is 0.252. The molecule has 2 amide bonds. The van der Waals surface area contributed by atoms with Crippen molar-refractivity contribution in [1.82, 2.24) is 5.43 Å². The van der Waals surface area contributed by atoms with Gasteiger partial charge < -0.3 is 5.73 Å². The van der Waals surface area contributed by atoms with Crippen molar-refractivity contribution in [3.05, 3.63) is 11.6 Å². The van der Waals surface area contributed by atoms with Gasteiger partial charge in [-0.3, -0.25) is 0 Å². The van der Waals surface area contributed by atoms with E-state index in [1.54, 1.807) is 5.43 Å². The van der Waals surface area contributed by atoms with Crippen molar-refractivity contribution < 1.29 is 18.0 Å². The molecule has 4 rings (SSSR count). The van der Waals surface area contributed by atoms with Crippen molar-refractivity contribution in [3.8, 4) is 0 Å². The largest absolute Gasteiger partial charge is 0.435 e. The summed E-state index contributed by atoms with van der Waals surface area (Å²) in [6.07, 6.45) is 1.76. The first kappa shape index (κ1) is 14.4. The van der Waals surface area contributed by atoms with Gasteiger partial charge in [0.25, 0.3) is 0 Å². The van der Waals surface area contributed by atoms with Gasteiger partial charge >= 0.3 is 12.2 Å². The lowest BCUT2D eigenvalue weighted by atomic mass is 9.54. The Morgan fingerprint density at radius 1 is 1.14 bits per heavy atom. The fourth-order valence-electron chi connectivity index (χ4n) is 4.41. The Morgan fingerprint density at radius 2 is 1.67 bits per heavy atom. The predicted octanol–water partition coefficient (Wildman–Crippen LogP) is 2.96. The SMILES string of the molecule is NC(=O)NN=C(C=C1C2CC3CC(C2)CC1C3)C(F)(F)F. The Labute approximate surface area is 120 Å². The number of primary amides is 1. The molecule has 0 aromatic heterocycles. The van der Waals surface area contributed by atoms with Crippen LogP contribution < -0.4 is 11.2 Å². The van der Waals surface area contributed by atoms with Crippen LogP contribution in [0.25, 0.3) is 0 Å². The molecule has 4 saturated carbocycles. The number of nitrogens with zero attached hydrogens (tertiary/aromatic N) is 1. The van der Waals surface area contributed by atoms with Crippen molar-refractivity contribution in [2.45, 2.75) is 38.3 Å². The number of urea groups is 1. The van der Waals surface area contributed by atoms with E-state index >= 15 is 0 Å². The molecule has 4 aliphatic rings. The molecule has 0 aliphatic heterocycles. The summed E-state index contributed by atoms with van der Waals surface area (Å²) in [5.41, 5.74) is 6.27. The highest BCUT2D eigenvalue weighted by molar-refractivity contribution is 6.00. The van der Waals surface area contributed by atoms with Gasteiger partial charge in [0.1, 0.15) is 0 Å². The molecule has 0 atom stereocenters. The third-order valence-electron chi connectivity index (χ3n) is 4.96. The number of amides is 2. The summed E-state index contributed by atoms with van der Waals surface area (Å²) in [7, 11) is 0. The van der Waals surface area contributed by atoms with Gasteiger partial charge in [0, 0.05) is 0 Å². The van der Waals surface area contributed by atoms with Gasteiger partial charge in [0.05, 0.1) is 0 Å². The number of carbonyl (C=O) groups is 1. The van der Waals surface area contributed by atoms with Gasteiger partial charge in [-0.15, -0.1) is 0 Å². The Kier molecular flexibility index (Phi) is 3.45. The Balaban J connectivity index is 1.87. The molecule has 0 spiro atoms. The molecule has 0 aromatic rings. The van der Waals surface area contributed by atoms with Crippen molar-refractivity contribution in [2.24, 2.45) is 34.5 Å². The minimum Gasteiger partial charge on any atom is -0.350 e. The topological polar surface area (TPSA) is 67.5 Å². The van der Waals surface area contributed by atoms with Gasteiger partial charge in [-0.2, -0.15) is 18.3 Å². The lowest BCUT2D eigenvalue weighted by Gasteiger charge is -2.51. The number of allylic oxidation sites excluding steroid dienone is 2. The van der Waals surface area contributed by atoms with E-state index in [1.807, 2.05) is 0 Å². The standard InChI is InChI=1S/C14H18F3N3O/c15-14(16,17)12(19-20-13(18)21)6-11-9-2-7-1-8(4-9)5-10(11)3-7/h6-10H,1-5H2,(H3,18,20,21). The van der Waals surface area contributed by atoms with Crippen LogP contribution >= 0.6 is 0 Å². The molecule has 4 fully saturated rings. The monoisotopic (exact) mass is 301 g/mol. The van der Waals surface area contributed by atoms with Crippen molar-refractivity contribution in [1.29, 1.82) is 0 Å². The highest BCUT2D eigenvalue weighted by Gasteiger charge is 2.46. The number of halogens is 3. The Morgan fingerprint density at radius 3 is 2.10 bits per heavy atom. The summed E-state index contributed by atoms with van der Waals surface area (Å²) in [6.45, 7) is 0. The zero-order chi connectivity index (χ0) is 15.2. The summed E-state index contributed by atoms with van der Waals surface area (Å²) in [4.78, 5) is 10.6. The molecule has 0 radical (unpaired) electrons. The van der Waals surface area contributed by atoms with E-state index in [1.165, 1.54) is 6.42 Å². The molecule has 4 nitrogen and oxygen atoms in total. The van der Waals surface area contributed by atoms with Crippen molar-refractivity contribution in [2.75, 3.05) is 0 Å². The second-order valence-corrected chi connectivity index (χ2v) is 6.42. The minimum atomic E-state index is -4.59. The van der Waals surface area contributed by atoms with E-state index in [0.717, 1.165) is 37.3 Å². The molecule has 4 bridgehead atoms. The number of carbonyl (C=O) groups excluding carboxylic acids is 1. The average molecular weight is 301 g/mol. The summed E-state index contributed by atoms with van der Waals surface area (Å²) >= 11 is 0. The maximum absolute atomic E-state index is 13.0. The fraction of sp³-hybridized carbons (Fsp3) is 0.714. The van der Waals surface area contributed by atoms with Crippen molar-refractivity contribution in [3.63, 3.8) is 0 Å². The molecule has 0 aromatic carbocycles. The number of hydrogen-bond donors (Lipinski definition) is 2. The van der Waals surface area contributed by atoms with Gasteiger partial charge in [0.2, 0.25) is 0 Å². The van der Waals surface area contributed by atoms with E-state index in [2.05, 4.69) is 5.10 Å². The van der Waals surface area contributed by atoms with E-state index in [-0.39, 0.29) is 11.8 Å². The first-order valence-corrected chi connectivity index (χ1v) is 7.24. The number of rotatable bonds is 2. The quantitative estimate of drug-likeness (QED) is 0.597. The molecular weight excluding hydrogens is 283 g/mol. The van der Waals surface area contributed by atoms with Crippen LogP contribution in [-0.2, 0) is 0 Å². The van der Waals surface area contributed by atoms with E-state index in [4.69, 9.17) is 5.73 Å². The maximum Gasteiger partial charge on any atom is 0.435 e. The first-order chi connectivity index (χ1) is 9.83. The highest BCUT2D eigenvalue weighted by Crippen LogP contribution is 2.56. The lowest BCUT2D eigenvalue weighted by molar-refractivity contribution is -0.0581. The van der Waals surface area contributed by atoms with E-state index in [9.17, 15) is 18.0 Å². The zero-order valence-corrected chi connectivity index (χ0v) is 11.5. The smallest absolute Gasteiger partial charge is 0.350 e. The number of hydrogen-bond acceptors (Lipinski definition) is 2. The van der Waals surface area contributed by atoms with Gasteiger partial charge in [0.15, 0.2) is 5.71 Å². The van der Waals surface area contributed by atoms with Crippen LogP contribution in [0.5, 0.6) is 0 Å². The normalized spacial score (nSPS) is 35.0. The van der Waals surface area contributed by atoms with Crippen molar-refractivity contribution >= 4 is 11.7 Å². The predicted molar refractivity (Wildman–Crippen MR) is 71.3 cm³/mol. The van der Waals surface area contributed by atoms with Gasteiger partial charge in [-0.25, -0.2) is 10.2 Å². The Hall–Kier alpha value is -1.53. The first-order valence-electron chi connectivity index (χ1n) is 7.24. The fourth-order valence-corrected chi connectivity index (χ4v) is 4.41. The molecule has 4 aliphatic carbocycles. The van der Waals surface area contributed by atoms with Gasteiger partial charge in [-0.05, 0) is 61.9 Å². The van der Waals surface area contributed by atoms with Crippen LogP contribution in [0.15, 0.2) is 16.8 Å². The maximum atomic E-state index is 13.0. The second kappa shape index (κ2) is 5.03. The van der Waals surface area contributed by atoms with Crippen LogP contribution in [0.2, 0.25) is 0 Å². The second-order valence-electron chi connectivity index (χ2n) is 6.42. The molecule has 7 heteroatoms. The summed E-state index contributed by atoms with van der Waals surface area (Å²) in [5, 5.41) is 3.14. The summed E-state index contributed by atoms with van der Waals surface area (Å²) in [5.74, 6) is 1.86. The van der Waals surface area contributed by atoms with Crippen LogP contribution in [0, 0.1) is 23.7 Å². The zero-order valence-electron chi connectivity index (χ0n) is 11.5. The van der Waals surface area contributed by atoms with Crippen LogP contribution in [-0.4, -0.2) is 17.9 Å². The molecule has 3 N–H and O–H groups in total. The van der Waals surface area contributed by atoms with Crippen LogP contribution in [0.4, 0.5) is 18.0 Å². The highest BCUT2D eigenvalue weighted by atomic mass is 19.4. The van der Waals surface area contributed by atoms with Crippen LogP contribution in [0.3, 0.4) is 0 Å². The number of alkyl halides is 3. The lowest BCUT2D eigenvalue weighted by Crippen LogP contribution is -2.41. The third-order valence-corrected chi connectivity index (χ3v) is 4.96. The summed E-state index contributed by atoms with van der Waals surface area (Å²) < 4.78 is 39.1. The average Bonchev–Trinajstić information content (AvgIpc) is 2.34.